The van der Waals surface area contributed by atoms with Crippen LogP contribution in [0.5, 0.6) is 5.75 Å². The summed E-state index contributed by atoms with van der Waals surface area (Å²) in [6, 6.07) is 7.45. The summed E-state index contributed by atoms with van der Waals surface area (Å²) in [5.74, 6) is -0.983. The number of rotatable bonds is 9. The standard InChI is InChI=1S/C23H28O7/c24-18(23-29-14-15-7-5-6-9-21(15)30-23)12-11-17-16(19(25)13-20(17)26)8-3-1-2-4-10-22(27)28/h1,3,5-7,9,11-12,16-19,23-25H,2,4,8,10,13-14H2,(H,27,28)/t16-,17-,18+,19+,23-/m1/s1. The minimum atomic E-state index is -1.05. The number of aliphatic hydroxyl groups is 2. The molecule has 2 aliphatic rings. The number of benzene rings is 1. The summed E-state index contributed by atoms with van der Waals surface area (Å²) in [6.07, 6.45) is 6.18. The van der Waals surface area contributed by atoms with Gasteiger partial charge in [0.15, 0.2) is 0 Å². The Morgan fingerprint density at radius 3 is 2.87 bits per heavy atom. The maximum atomic E-state index is 12.3. The van der Waals surface area contributed by atoms with Crippen molar-refractivity contribution < 1.29 is 34.4 Å². The van der Waals surface area contributed by atoms with Crippen molar-refractivity contribution in [2.24, 2.45) is 11.8 Å². The second kappa shape index (κ2) is 10.5. The molecule has 0 amide bonds. The zero-order valence-electron chi connectivity index (χ0n) is 16.7. The van der Waals surface area contributed by atoms with Gasteiger partial charge in [0, 0.05) is 30.2 Å². The Hall–Kier alpha value is -2.48. The Morgan fingerprint density at radius 1 is 1.27 bits per heavy atom. The predicted molar refractivity (Wildman–Crippen MR) is 109 cm³/mol. The van der Waals surface area contributed by atoms with Crippen molar-refractivity contribution in [1.82, 2.24) is 0 Å². The van der Waals surface area contributed by atoms with Crippen LogP contribution in [0.25, 0.3) is 0 Å². The van der Waals surface area contributed by atoms with Crippen molar-refractivity contribution in [3.8, 4) is 5.75 Å². The van der Waals surface area contributed by atoms with E-state index in [0.717, 1.165) is 5.56 Å². The second-order valence-electron chi connectivity index (χ2n) is 7.70. The molecule has 1 aliphatic heterocycles. The normalized spacial score (nSPS) is 27.3. The van der Waals surface area contributed by atoms with Crippen molar-refractivity contribution >= 4 is 11.8 Å². The molecule has 0 bridgehead atoms. The van der Waals surface area contributed by atoms with Gasteiger partial charge < -0.3 is 24.8 Å². The van der Waals surface area contributed by atoms with Crippen molar-refractivity contribution in [1.29, 1.82) is 0 Å². The summed E-state index contributed by atoms with van der Waals surface area (Å²) >= 11 is 0. The lowest BCUT2D eigenvalue weighted by atomic mass is 9.90. The molecule has 0 radical (unpaired) electrons. The van der Waals surface area contributed by atoms with Crippen LogP contribution in [0.4, 0.5) is 0 Å². The second-order valence-corrected chi connectivity index (χ2v) is 7.70. The van der Waals surface area contributed by atoms with Gasteiger partial charge in [0.05, 0.1) is 12.7 Å². The molecular formula is C23H28O7. The molecular weight excluding hydrogens is 388 g/mol. The summed E-state index contributed by atoms with van der Waals surface area (Å²) in [7, 11) is 0. The van der Waals surface area contributed by atoms with E-state index in [0.29, 0.717) is 31.6 Å². The first-order valence-electron chi connectivity index (χ1n) is 10.3. The van der Waals surface area contributed by atoms with Crippen LogP contribution in [0, 0.1) is 11.8 Å². The number of hydrogen-bond acceptors (Lipinski definition) is 6. The maximum Gasteiger partial charge on any atom is 0.303 e. The largest absolute Gasteiger partial charge is 0.481 e. The molecule has 162 valence electrons. The fourth-order valence-corrected chi connectivity index (χ4v) is 3.83. The summed E-state index contributed by atoms with van der Waals surface area (Å²) in [5.41, 5.74) is 0.911. The van der Waals surface area contributed by atoms with Gasteiger partial charge in [-0.1, -0.05) is 42.5 Å². The number of carboxylic acids is 1. The highest BCUT2D eigenvalue weighted by Crippen LogP contribution is 2.34. The van der Waals surface area contributed by atoms with E-state index >= 15 is 0 Å². The molecule has 7 heteroatoms. The number of fused-ring (bicyclic) bond motifs is 1. The summed E-state index contributed by atoms with van der Waals surface area (Å²) in [6.45, 7) is 0.335. The number of carboxylic acid groups (broad SMARTS) is 1. The van der Waals surface area contributed by atoms with Crippen LogP contribution in [0.1, 0.15) is 37.7 Å². The smallest absolute Gasteiger partial charge is 0.303 e. The van der Waals surface area contributed by atoms with E-state index in [1.807, 2.05) is 36.4 Å². The Kier molecular flexibility index (Phi) is 7.79. The number of ether oxygens (including phenoxy) is 2. The molecule has 1 aromatic carbocycles. The topological polar surface area (TPSA) is 113 Å². The first-order chi connectivity index (χ1) is 14.5. The number of carbonyl (C=O) groups is 2. The number of hydrogen-bond donors (Lipinski definition) is 3. The van der Waals surface area contributed by atoms with Crippen LogP contribution in [0.3, 0.4) is 0 Å². The molecule has 1 aromatic rings. The van der Waals surface area contributed by atoms with E-state index in [9.17, 15) is 19.8 Å². The van der Waals surface area contributed by atoms with Crippen LogP contribution in [0.15, 0.2) is 48.6 Å². The molecule has 0 aromatic heterocycles. The molecule has 0 saturated heterocycles. The number of aliphatic hydroxyl groups excluding tert-OH is 2. The Balaban J connectivity index is 1.55. The number of aliphatic carboxylic acids is 1. The molecule has 1 aliphatic carbocycles. The van der Waals surface area contributed by atoms with Gasteiger partial charge in [-0.25, -0.2) is 0 Å². The highest BCUT2D eigenvalue weighted by molar-refractivity contribution is 5.86. The van der Waals surface area contributed by atoms with Crippen LogP contribution >= 0.6 is 0 Å². The lowest BCUT2D eigenvalue weighted by Gasteiger charge is -2.28. The number of para-hydroxylation sites is 1. The zero-order chi connectivity index (χ0) is 21.5. The van der Waals surface area contributed by atoms with Gasteiger partial charge in [-0.2, -0.15) is 0 Å². The van der Waals surface area contributed by atoms with Crippen molar-refractivity contribution in [3.05, 3.63) is 54.1 Å². The molecule has 1 saturated carbocycles. The first-order valence-corrected chi connectivity index (χ1v) is 10.3. The number of allylic oxidation sites excluding steroid dienone is 3. The van der Waals surface area contributed by atoms with Crippen LogP contribution < -0.4 is 4.74 Å². The van der Waals surface area contributed by atoms with E-state index in [2.05, 4.69) is 0 Å². The van der Waals surface area contributed by atoms with E-state index < -0.39 is 30.4 Å². The third-order valence-corrected chi connectivity index (χ3v) is 5.49. The zero-order valence-corrected chi connectivity index (χ0v) is 16.7. The molecule has 3 rings (SSSR count). The van der Waals surface area contributed by atoms with Gasteiger partial charge in [-0.15, -0.1) is 0 Å². The minimum absolute atomic E-state index is 0.0638. The summed E-state index contributed by atoms with van der Waals surface area (Å²) in [5, 5.41) is 29.3. The molecule has 7 nitrogen and oxygen atoms in total. The van der Waals surface area contributed by atoms with E-state index in [-0.39, 0.29) is 24.5 Å². The van der Waals surface area contributed by atoms with Crippen molar-refractivity contribution in [2.75, 3.05) is 0 Å². The number of Topliss-reactive ketones (excluding diaryl/α,β-unsaturated/α-hetero) is 1. The van der Waals surface area contributed by atoms with Gasteiger partial charge in [-0.05, 0) is 25.3 Å². The van der Waals surface area contributed by atoms with Gasteiger partial charge in [0.1, 0.15) is 17.6 Å². The average Bonchev–Trinajstić information content (AvgIpc) is 3.00. The monoisotopic (exact) mass is 416 g/mol. The lowest BCUT2D eigenvalue weighted by molar-refractivity contribution is -0.152. The average molecular weight is 416 g/mol. The fraction of sp³-hybridized carbons (Fsp3) is 0.478. The quantitative estimate of drug-likeness (QED) is 0.419. The summed E-state index contributed by atoms with van der Waals surface area (Å²) in [4.78, 5) is 22.8. The lowest BCUT2D eigenvalue weighted by Crippen LogP contribution is -2.36. The molecule has 0 spiro atoms. The minimum Gasteiger partial charge on any atom is -0.481 e. The third-order valence-electron chi connectivity index (χ3n) is 5.49. The highest BCUT2D eigenvalue weighted by atomic mass is 16.7. The van der Waals surface area contributed by atoms with E-state index in [4.69, 9.17) is 14.6 Å². The molecule has 30 heavy (non-hydrogen) atoms. The van der Waals surface area contributed by atoms with Gasteiger partial charge >= 0.3 is 5.97 Å². The predicted octanol–water partition coefficient (Wildman–Crippen LogP) is 2.61. The molecule has 1 fully saturated rings. The van der Waals surface area contributed by atoms with E-state index in [1.165, 1.54) is 6.08 Å². The van der Waals surface area contributed by atoms with Gasteiger partial charge in [-0.3, -0.25) is 9.59 Å². The molecule has 5 atom stereocenters. The van der Waals surface area contributed by atoms with Crippen LogP contribution in [0.2, 0.25) is 0 Å². The SMILES string of the molecule is O=C(O)CCCC=CC[C@H]1[C@@H](O)CC(=O)[C@@H]1C=C[C@H](O)[C@@H]1OCc2ccccc2O1. The Morgan fingerprint density at radius 2 is 2.07 bits per heavy atom. The van der Waals surface area contributed by atoms with Gasteiger partial charge in [0.25, 0.3) is 0 Å². The Labute approximate surface area is 175 Å². The van der Waals surface area contributed by atoms with Crippen molar-refractivity contribution in [3.63, 3.8) is 0 Å². The highest BCUT2D eigenvalue weighted by Gasteiger charge is 2.39. The van der Waals surface area contributed by atoms with Crippen LogP contribution in [-0.2, 0) is 20.9 Å². The van der Waals surface area contributed by atoms with Gasteiger partial charge in [0.2, 0.25) is 6.29 Å². The Bertz CT molecular complexity index is 800. The fourth-order valence-electron chi connectivity index (χ4n) is 3.83. The molecule has 3 N–H and O–H groups in total. The number of unbranched alkanes of at least 4 members (excludes halogenated alkanes) is 1. The third kappa shape index (κ3) is 5.78. The number of carbonyl (C=O) groups excluding carboxylic acids is 1. The van der Waals surface area contributed by atoms with Crippen molar-refractivity contribution in [2.45, 2.75) is 57.2 Å². The molecule has 1 heterocycles. The maximum absolute atomic E-state index is 12.3. The first kappa shape index (κ1) is 22.2. The van der Waals surface area contributed by atoms with E-state index in [1.54, 1.807) is 6.08 Å². The molecule has 0 unspecified atom stereocenters. The number of ketones is 1. The summed E-state index contributed by atoms with van der Waals surface area (Å²) < 4.78 is 11.3. The van der Waals surface area contributed by atoms with Crippen LogP contribution in [-0.4, -0.2) is 45.6 Å².